The van der Waals surface area contributed by atoms with Gasteiger partial charge in [0.2, 0.25) is 0 Å². The van der Waals surface area contributed by atoms with Crippen LogP contribution in [0.25, 0.3) is 5.69 Å². The Balaban J connectivity index is 1.54. The molecule has 1 heterocycles. The topological polar surface area (TPSA) is 54.2 Å². The highest BCUT2D eigenvalue weighted by molar-refractivity contribution is 5.79. The predicted molar refractivity (Wildman–Crippen MR) is 106 cm³/mol. The summed E-state index contributed by atoms with van der Waals surface area (Å²) in [7, 11) is 0. The zero-order valence-corrected chi connectivity index (χ0v) is 15.7. The van der Waals surface area contributed by atoms with Gasteiger partial charge in [0.1, 0.15) is 11.6 Å². The van der Waals surface area contributed by atoms with Gasteiger partial charge in [0, 0.05) is 25.7 Å². The van der Waals surface area contributed by atoms with Crippen molar-refractivity contribution < 1.29 is 8.78 Å². The van der Waals surface area contributed by atoms with E-state index in [0.29, 0.717) is 25.5 Å². The molecule has 0 radical (unpaired) electrons. The molecule has 0 saturated carbocycles. The molecule has 2 N–H and O–H groups in total. The molecule has 146 valence electrons. The number of hydrogen-bond donors (Lipinski definition) is 2. The van der Waals surface area contributed by atoms with E-state index in [1.807, 2.05) is 25.3 Å². The van der Waals surface area contributed by atoms with E-state index >= 15 is 0 Å². The number of hydrogen-bond acceptors (Lipinski definition) is 2. The van der Waals surface area contributed by atoms with Crippen LogP contribution >= 0.6 is 0 Å². The van der Waals surface area contributed by atoms with E-state index in [0.717, 1.165) is 23.5 Å². The van der Waals surface area contributed by atoms with Gasteiger partial charge in [-0.3, -0.25) is 0 Å². The van der Waals surface area contributed by atoms with Crippen LogP contribution in [0.2, 0.25) is 0 Å². The molecule has 0 unspecified atom stereocenters. The molecule has 0 aliphatic rings. The van der Waals surface area contributed by atoms with Crippen LogP contribution in [0.4, 0.5) is 8.78 Å². The third-order valence-electron chi connectivity index (χ3n) is 4.06. The highest BCUT2D eigenvalue weighted by Crippen LogP contribution is 2.09. The Morgan fingerprint density at radius 3 is 2.61 bits per heavy atom. The Morgan fingerprint density at radius 2 is 1.86 bits per heavy atom. The molecule has 1 aromatic heterocycles. The van der Waals surface area contributed by atoms with Crippen molar-refractivity contribution in [2.24, 2.45) is 4.99 Å². The maximum Gasteiger partial charge on any atom is 0.191 e. The Bertz CT molecular complexity index is 919. The van der Waals surface area contributed by atoms with Gasteiger partial charge < -0.3 is 10.6 Å². The average Bonchev–Trinajstić information content (AvgIpc) is 3.15. The van der Waals surface area contributed by atoms with Crippen molar-refractivity contribution in [3.05, 3.63) is 83.7 Å². The molecular formula is C21H23F2N5. The van der Waals surface area contributed by atoms with Gasteiger partial charge in [0.15, 0.2) is 5.96 Å². The first-order valence-electron chi connectivity index (χ1n) is 9.21. The molecule has 0 atom stereocenters. The average molecular weight is 383 g/mol. The van der Waals surface area contributed by atoms with Crippen LogP contribution in [-0.2, 0) is 13.0 Å². The summed E-state index contributed by atoms with van der Waals surface area (Å²) in [6.45, 7) is 3.76. The summed E-state index contributed by atoms with van der Waals surface area (Å²) in [5, 5.41) is 10.9. The third-order valence-corrected chi connectivity index (χ3v) is 4.06. The fourth-order valence-electron chi connectivity index (χ4n) is 2.69. The van der Waals surface area contributed by atoms with Crippen molar-refractivity contribution in [1.82, 2.24) is 20.4 Å². The molecular weight excluding hydrogens is 360 g/mol. The first-order chi connectivity index (χ1) is 13.6. The fraction of sp³-hybridized carbons (Fsp3) is 0.238. The first-order valence-corrected chi connectivity index (χ1v) is 9.21. The summed E-state index contributed by atoms with van der Waals surface area (Å²) >= 11 is 0. The summed E-state index contributed by atoms with van der Waals surface area (Å²) in [5.41, 5.74) is 2.54. The van der Waals surface area contributed by atoms with Gasteiger partial charge in [-0.05, 0) is 55.0 Å². The van der Waals surface area contributed by atoms with E-state index in [-0.39, 0.29) is 11.6 Å². The number of nitrogens with one attached hydrogen (secondary N) is 2. The monoisotopic (exact) mass is 383 g/mol. The smallest absolute Gasteiger partial charge is 0.191 e. The van der Waals surface area contributed by atoms with Crippen LogP contribution in [0, 0.1) is 11.6 Å². The summed E-state index contributed by atoms with van der Waals surface area (Å²) in [5.74, 6) is 0.140. The van der Waals surface area contributed by atoms with Gasteiger partial charge >= 0.3 is 0 Å². The molecule has 3 aromatic rings. The van der Waals surface area contributed by atoms with Crippen molar-refractivity contribution in [2.45, 2.75) is 19.9 Å². The molecule has 0 bridgehead atoms. The normalized spacial score (nSPS) is 11.5. The Hall–Kier alpha value is -3.22. The van der Waals surface area contributed by atoms with Crippen LogP contribution in [0.1, 0.15) is 18.2 Å². The van der Waals surface area contributed by atoms with Gasteiger partial charge in [-0.1, -0.05) is 12.1 Å². The summed E-state index contributed by atoms with van der Waals surface area (Å²) in [6.07, 6.45) is 2.56. The van der Waals surface area contributed by atoms with Crippen molar-refractivity contribution >= 4 is 5.96 Å². The number of aliphatic imine (C=N–C) groups is 1. The lowest BCUT2D eigenvalue weighted by Gasteiger charge is -2.10. The first kappa shape index (κ1) is 19.5. The highest BCUT2D eigenvalue weighted by atomic mass is 19.1. The van der Waals surface area contributed by atoms with E-state index in [1.54, 1.807) is 22.9 Å². The lowest BCUT2D eigenvalue weighted by Crippen LogP contribution is -2.38. The summed E-state index contributed by atoms with van der Waals surface area (Å²) in [4.78, 5) is 4.48. The Labute approximate surface area is 163 Å². The second kappa shape index (κ2) is 9.64. The molecule has 5 nitrogen and oxygen atoms in total. The molecule has 3 rings (SSSR count). The quantitative estimate of drug-likeness (QED) is 0.485. The fourth-order valence-corrected chi connectivity index (χ4v) is 2.69. The number of benzene rings is 2. The molecule has 2 aromatic carbocycles. The maximum atomic E-state index is 13.3. The van der Waals surface area contributed by atoms with Crippen molar-refractivity contribution in [2.75, 3.05) is 13.1 Å². The number of guanidine groups is 1. The van der Waals surface area contributed by atoms with Crippen molar-refractivity contribution in [1.29, 1.82) is 0 Å². The molecule has 0 fully saturated rings. The summed E-state index contributed by atoms with van der Waals surface area (Å²) in [6, 6.07) is 14.6. The van der Waals surface area contributed by atoms with E-state index < -0.39 is 0 Å². The number of rotatable bonds is 7. The van der Waals surface area contributed by atoms with E-state index in [4.69, 9.17) is 0 Å². The molecule has 0 aliphatic carbocycles. The number of halogens is 2. The minimum Gasteiger partial charge on any atom is -0.357 e. The van der Waals surface area contributed by atoms with E-state index in [9.17, 15) is 8.78 Å². The Kier molecular flexibility index (Phi) is 6.73. The Morgan fingerprint density at radius 1 is 1.04 bits per heavy atom. The van der Waals surface area contributed by atoms with Crippen LogP contribution in [-0.4, -0.2) is 28.8 Å². The molecule has 0 amide bonds. The van der Waals surface area contributed by atoms with Crippen LogP contribution in [0.15, 0.2) is 65.8 Å². The van der Waals surface area contributed by atoms with Crippen LogP contribution in [0.3, 0.4) is 0 Å². The second-order valence-electron chi connectivity index (χ2n) is 6.23. The van der Waals surface area contributed by atoms with Gasteiger partial charge in [-0.15, -0.1) is 0 Å². The zero-order valence-electron chi connectivity index (χ0n) is 15.7. The van der Waals surface area contributed by atoms with E-state index in [1.165, 1.54) is 24.3 Å². The number of nitrogens with zero attached hydrogens (tertiary/aromatic N) is 3. The molecule has 0 spiro atoms. The SMILES string of the molecule is CCNC(=NCc1cccc(F)c1)NCCc1ccn(-c2ccc(F)cc2)n1. The largest absolute Gasteiger partial charge is 0.357 e. The number of aromatic nitrogens is 2. The maximum absolute atomic E-state index is 13.3. The summed E-state index contributed by atoms with van der Waals surface area (Å²) < 4.78 is 28.0. The molecule has 28 heavy (non-hydrogen) atoms. The van der Waals surface area contributed by atoms with Crippen LogP contribution in [0.5, 0.6) is 0 Å². The van der Waals surface area contributed by atoms with Gasteiger partial charge in [-0.25, -0.2) is 18.5 Å². The second-order valence-corrected chi connectivity index (χ2v) is 6.23. The highest BCUT2D eigenvalue weighted by Gasteiger charge is 2.03. The van der Waals surface area contributed by atoms with Gasteiger partial charge in [0.25, 0.3) is 0 Å². The van der Waals surface area contributed by atoms with Gasteiger partial charge in [0.05, 0.1) is 17.9 Å². The predicted octanol–water partition coefficient (Wildman–Crippen LogP) is 3.45. The minimum atomic E-state index is -0.270. The minimum absolute atomic E-state index is 0.262. The van der Waals surface area contributed by atoms with Gasteiger partial charge in [-0.2, -0.15) is 5.10 Å². The molecule has 7 heteroatoms. The third kappa shape index (κ3) is 5.64. The van der Waals surface area contributed by atoms with Crippen molar-refractivity contribution in [3.63, 3.8) is 0 Å². The standard InChI is InChI=1S/C21H23F2N5/c1-2-24-21(26-15-16-4-3-5-18(23)14-16)25-12-10-19-11-13-28(27-19)20-8-6-17(22)7-9-20/h3-9,11,13-14H,2,10,12,15H2,1H3,(H2,24,25,26). The van der Waals surface area contributed by atoms with E-state index in [2.05, 4.69) is 20.7 Å². The zero-order chi connectivity index (χ0) is 19.8. The molecule has 0 saturated heterocycles. The lowest BCUT2D eigenvalue weighted by atomic mass is 10.2. The molecule has 0 aliphatic heterocycles. The van der Waals surface area contributed by atoms with Crippen LogP contribution < -0.4 is 10.6 Å². The van der Waals surface area contributed by atoms with Crippen molar-refractivity contribution in [3.8, 4) is 5.69 Å². The lowest BCUT2D eigenvalue weighted by molar-refractivity contribution is 0.625.